The van der Waals surface area contributed by atoms with Gasteiger partial charge in [-0.15, -0.1) is 0 Å². The van der Waals surface area contributed by atoms with Crippen LogP contribution in [0.4, 0.5) is 17.6 Å². The number of alkyl halides is 3. The van der Waals surface area contributed by atoms with Gasteiger partial charge in [0.25, 0.3) is 5.24 Å². The van der Waals surface area contributed by atoms with E-state index in [1.54, 1.807) is 0 Å². The maximum absolute atomic E-state index is 13.0. The zero-order valence-corrected chi connectivity index (χ0v) is 8.16. The topological polar surface area (TPSA) is 40.9 Å². The van der Waals surface area contributed by atoms with E-state index < -0.39 is 33.9 Å². The Morgan fingerprint density at radius 2 is 1.94 bits per heavy atom. The van der Waals surface area contributed by atoms with Gasteiger partial charge < -0.3 is 0 Å². The van der Waals surface area contributed by atoms with Gasteiger partial charge >= 0.3 is 6.18 Å². The number of carbonyl (C=O) groups is 1. The minimum Gasteiger partial charge on any atom is -0.276 e. The molecule has 0 aliphatic heterocycles. The van der Waals surface area contributed by atoms with Gasteiger partial charge in [-0.1, -0.05) is 0 Å². The van der Waals surface area contributed by atoms with E-state index in [1.165, 1.54) is 6.07 Å². The van der Waals surface area contributed by atoms with Gasteiger partial charge in [0.15, 0.2) is 0 Å². The average Bonchev–Trinajstić information content (AvgIpc) is 2.15. The van der Waals surface area contributed by atoms with Crippen molar-refractivity contribution in [3.8, 4) is 6.07 Å². The summed E-state index contributed by atoms with van der Waals surface area (Å²) in [6, 6.07) is 2.57. The first-order chi connectivity index (χ1) is 7.29. The Balaban J connectivity index is 3.70. The van der Waals surface area contributed by atoms with Gasteiger partial charge in [-0.3, -0.25) is 4.79 Å². The molecule has 0 amide bonds. The number of halogens is 5. The van der Waals surface area contributed by atoms with Crippen LogP contribution in [-0.4, -0.2) is 5.24 Å². The van der Waals surface area contributed by atoms with Gasteiger partial charge in [0, 0.05) is 0 Å². The summed E-state index contributed by atoms with van der Waals surface area (Å²) in [6.45, 7) is 0. The Hall–Kier alpha value is -1.61. The highest BCUT2D eigenvalue weighted by Gasteiger charge is 2.39. The number of benzene rings is 1. The summed E-state index contributed by atoms with van der Waals surface area (Å²) in [5.74, 6) is -1.64. The molecule has 0 unspecified atom stereocenters. The fourth-order valence-corrected chi connectivity index (χ4v) is 1.35. The van der Waals surface area contributed by atoms with E-state index >= 15 is 0 Å². The van der Waals surface area contributed by atoms with Crippen molar-refractivity contribution in [1.29, 1.82) is 5.26 Å². The molecule has 0 radical (unpaired) electrons. The standard InChI is InChI=1S/C9H2ClF4NO/c10-8(16)6-4(3-15)1-2-5(11)7(6)9(12,13)14/h1-2H. The molecule has 0 fully saturated rings. The number of hydrogen-bond acceptors (Lipinski definition) is 2. The highest BCUT2D eigenvalue weighted by atomic mass is 35.5. The van der Waals surface area contributed by atoms with E-state index in [0.29, 0.717) is 6.07 Å². The van der Waals surface area contributed by atoms with Crippen LogP contribution in [0.15, 0.2) is 12.1 Å². The molecule has 0 aromatic heterocycles. The monoisotopic (exact) mass is 251 g/mol. The first kappa shape index (κ1) is 12.5. The minimum atomic E-state index is -5.09. The van der Waals surface area contributed by atoms with Crippen LogP contribution in [0, 0.1) is 17.1 Å². The first-order valence-corrected chi connectivity index (χ1v) is 4.16. The van der Waals surface area contributed by atoms with Crippen LogP contribution in [0.5, 0.6) is 0 Å². The maximum Gasteiger partial charge on any atom is 0.420 e. The number of hydrogen-bond donors (Lipinski definition) is 0. The number of rotatable bonds is 1. The molecule has 1 rings (SSSR count). The maximum atomic E-state index is 13.0. The minimum absolute atomic E-state index is 0.463. The molecular weight excluding hydrogens is 250 g/mol. The molecule has 0 saturated heterocycles. The van der Waals surface area contributed by atoms with Crippen LogP contribution in [0.25, 0.3) is 0 Å². The summed E-state index contributed by atoms with van der Waals surface area (Å²) < 4.78 is 50.3. The average molecular weight is 252 g/mol. The fourth-order valence-electron chi connectivity index (χ4n) is 1.15. The summed E-state index contributed by atoms with van der Waals surface area (Å²) >= 11 is 4.91. The van der Waals surface area contributed by atoms with Crippen molar-refractivity contribution in [2.24, 2.45) is 0 Å². The molecule has 2 nitrogen and oxygen atoms in total. The van der Waals surface area contributed by atoms with Crippen molar-refractivity contribution >= 4 is 16.8 Å². The van der Waals surface area contributed by atoms with Crippen molar-refractivity contribution in [3.63, 3.8) is 0 Å². The van der Waals surface area contributed by atoms with Crippen LogP contribution < -0.4 is 0 Å². The predicted molar refractivity (Wildman–Crippen MR) is 46.3 cm³/mol. The van der Waals surface area contributed by atoms with E-state index in [9.17, 15) is 22.4 Å². The van der Waals surface area contributed by atoms with Gasteiger partial charge in [0.05, 0.1) is 17.2 Å². The lowest BCUT2D eigenvalue weighted by Crippen LogP contribution is -2.15. The number of carbonyl (C=O) groups excluding carboxylic acids is 1. The van der Waals surface area contributed by atoms with Crippen LogP contribution >= 0.6 is 11.6 Å². The SMILES string of the molecule is N#Cc1ccc(F)c(C(F)(F)F)c1C(=O)Cl. The molecule has 1 aromatic carbocycles. The summed E-state index contributed by atoms with van der Waals surface area (Å²) in [5.41, 5.74) is -3.59. The van der Waals surface area contributed by atoms with E-state index in [1.807, 2.05) is 0 Å². The third kappa shape index (κ3) is 2.14. The summed E-state index contributed by atoms with van der Waals surface area (Å²) in [4.78, 5) is 10.8. The Labute approximate surface area is 92.0 Å². The molecule has 0 heterocycles. The van der Waals surface area contributed by atoms with Gasteiger partial charge in [0.1, 0.15) is 11.4 Å². The third-order valence-electron chi connectivity index (χ3n) is 1.75. The lowest BCUT2D eigenvalue weighted by Gasteiger charge is -2.12. The highest BCUT2D eigenvalue weighted by molar-refractivity contribution is 6.68. The quantitative estimate of drug-likeness (QED) is 0.568. The lowest BCUT2D eigenvalue weighted by atomic mass is 10.0. The van der Waals surface area contributed by atoms with E-state index in [0.717, 1.165) is 6.07 Å². The van der Waals surface area contributed by atoms with Gasteiger partial charge in [0.2, 0.25) is 0 Å². The molecule has 0 bridgehead atoms. The first-order valence-electron chi connectivity index (χ1n) is 3.78. The Morgan fingerprint density at radius 1 is 1.38 bits per heavy atom. The molecule has 84 valence electrons. The smallest absolute Gasteiger partial charge is 0.276 e. The summed E-state index contributed by atoms with van der Waals surface area (Å²) in [5, 5.41) is 6.97. The molecule has 0 atom stereocenters. The van der Waals surface area contributed by atoms with E-state index in [-0.39, 0.29) is 0 Å². The number of nitriles is 1. The molecule has 7 heteroatoms. The molecular formula is C9H2ClF4NO. The Kier molecular flexibility index (Phi) is 3.19. The number of nitrogens with zero attached hydrogens (tertiary/aromatic N) is 1. The fraction of sp³-hybridized carbons (Fsp3) is 0.111. The van der Waals surface area contributed by atoms with Gasteiger partial charge in [-0.2, -0.15) is 18.4 Å². The van der Waals surface area contributed by atoms with Gasteiger partial charge in [-0.25, -0.2) is 4.39 Å². The molecule has 1 aromatic rings. The van der Waals surface area contributed by atoms with Crippen molar-refractivity contribution in [2.45, 2.75) is 6.18 Å². The van der Waals surface area contributed by atoms with E-state index in [4.69, 9.17) is 16.9 Å². The zero-order valence-electron chi connectivity index (χ0n) is 7.40. The second-order valence-electron chi connectivity index (χ2n) is 2.73. The zero-order chi connectivity index (χ0) is 12.5. The molecule has 0 spiro atoms. The van der Waals surface area contributed by atoms with Crippen LogP contribution in [-0.2, 0) is 6.18 Å². The highest BCUT2D eigenvalue weighted by Crippen LogP contribution is 2.36. The van der Waals surface area contributed by atoms with Crippen LogP contribution in [0.3, 0.4) is 0 Å². The van der Waals surface area contributed by atoms with Crippen molar-refractivity contribution < 1.29 is 22.4 Å². The second kappa shape index (κ2) is 4.10. The largest absolute Gasteiger partial charge is 0.420 e. The second-order valence-corrected chi connectivity index (χ2v) is 3.07. The molecule has 0 saturated carbocycles. The Morgan fingerprint density at radius 3 is 2.31 bits per heavy atom. The van der Waals surface area contributed by atoms with Gasteiger partial charge in [-0.05, 0) is 23.7 Å². The summed E-state index contributed by atoms with van der Waals surface area (Å²) in [6.07, 6.45) is -5.09. The predicted octanol–water partition coefficient (Wildman–Crippen LogP) is 3.10. The summed E-state index contributed by atoms with van der Waals surface area (Å²) in [7, 11) is 0. The molecule has 0 aliphatic carbocycles. The van der Waals surface area contributed by atoms with E-state index in [2.05, 4.69) is 0 Å². The van der Waals surface area contributed by atoms with Crippen LogP contribution in [0.2, 0.25) is 0 Å². The lowest BCUT2D eigenvalue weighted by molar-refractivity contribution is -0.140. The Bertz CT molecular complexity index is 490. The molecule has 0 N–H and O–H groups in total. The third-order valence-corrected chi connectivity index (χ3v) is 1.94. The van der Waals surface area contributed by atoms with Crippen molar-refractivity contribution in [2.75, 3.05) is 0 Å². The molecule has 16 heavy (non-hydrogen) atoms. The van der Waals surface area contributed by atoms with Crippen molar-refractivity contribution in [1.82, 2.24) is 0 Å². The molecule has 0 aliphatic rings. The van der Waals surface area contributed by atoms with Crippen LogP contribution in [0.1, 0.15) is 21.5 Å². The normalized spacial score (nSPS) is 11.0. The van der Waals surface area contributed by atoms with Crippen molar-refractivity contribution in [3.05, 3.63) is 34.6 Å².